The smallest absolute Gasteiger partial charge is 0.245 e. The standard InChI is InChI=1S/C12H16BrFN2O2S.ClH/c13-10-3-4-12(11(14)6-10)19(17,18)16-5-1-2-9(7-15)8-16;/h3-4,6,9H,1-2,5,7-8,15H2;1H. The van der Waals surface area contributed by atoms with Crippen molar-refractivity contribution in [1.29, 1.82) is 0 Å². The maximum atomic E-state index is 13.8. The molecule has 0 amide bonds. The van der Waals surface area contributed by atoms with Gasteiger partial charge in [-0.15, -0.1) is 12.4 Å². The van der Waals surface area contributed by atoms with E-state index in [4.69, 9.17) is 5.73 Å². The van der Waals surface area contributed by atoms with Crippen molar-refractivity contribution >= 4 is 38.4 Å². The summed E-state index contributed by atoms with van der Waals surface area (Å²) in [6, 6.07) is 3.98. The van der Waals surface area contributed by atoms with Crippen molar-refractivity contribution in [3.05, 3.63) is 28.5 Å². The molecule has 1 aromatic rings. The van der Waals surface area contributed by atoms with E-state index in [1.165, 1.54) is 16.4 Å². The Kier molecular flexibility index (Phi) is 6.40. The molecule has 1 fully saturated rings. The second kappa shape index (κ2) is 7.17. The first-order valence-electron chi connectivity index (χ1n) is 6.10. The van der Waals surface area contributed by atoms with Gasteiger partial charge in [0.15, 0.2) is 0 Å². The van der Waals surface area contributed by atoms with Crippen LogP contribution in [-0.2, 0) is 10.0 Å². The molecular formula is C12H17BrClFN2O2S. The summed E-state index contributed by atoms with van der Waals surface area (Å²) in [5.74, 6) is -0.578. The number of nitrogens with zero attached hydrogens (tertiary/aromatic N) is 1. The third-order valence-electron chi connectivity index (χ3n) is 3.33. The van der Waals surface area contributed by atoms with Crippen LogP contribution in [0.2, 0.25) is 0 Å². The fourth-order valence-electron chi connectivity index (χ4n) is 2.26. The van der Waals surface area contributed by atoms with E-state index in [2.05, 4.69) is 15.9 Å². The van der Waals surface area contributed by atoms with Gasteiger partial charge in [-0.05, 0) is 43.5 Å². The highest BCUT2D eigenvalue weighted by Crippen LogP contribution is 2.26. The second-order valence-electron chi connectivity index (χ2n) is 4.68. The van der Waals surface area contributed by atoms with E-state index in [0.717, 1.165) is 18.9 Å². The van der Waals surface area contributed by atoms with Gasteiger partial charge in [-0.3, -0.25) is 0 Å². The number of halogens is 3. The predicted octanol–water partition coefficient (Wildman–Crippen LogP) is 2.37. The van der Waals surface area contributed by atoms with E-state index in [0.29, 0.717) is 24.1 Å². The van der Waals surface area contributed by atoms with Crippen molar-refractivity contribution < 1.29 is 12.8 Å². The molecule has 2 N–H and O–H groups in total. The molecule has 1 saturated heterocycles. The number of hydrogen-bond donors (Lipinski definition) is 1. The highest BCUT2D eigenvalue weighted by atomic mass is 79.9. The molecule has 0 saturated carbocycles. The number of sulfonamides is 1. The van der Waals surface area contributed by atoms with Crippen molar-refractivity contribution in [3.63, 3.8) is 0 Å². The lowest BCUT2D eigenvalue weighted by Crippen LogP contribution is -2.42. The van der Waals surface area contributed by atoms with Crippen molar-refractivity contribution in [2.45, 2.75) is 17.7 Å². The minimum atomic E-state index is -3.77. The topological polar surface area (TPSA) is 63.4 Å². The molecule has 0 aliphatic carbocycles. The Morgan fingerprint density at radius 2 is 2.15 bits per heavy atom. The average molecular weight is 388 g/mol. The van der Waals surface area contributed by atoms with Crippen LogP contribution in [0.5, 0.6) is 0 Å². The highest BCUT2D eigenvalue weighted by molar-refractivity contribution is 9.10. The summed E-state index contributed by atoms with van der Waals surface area (Å²) in [6.45, 7) is 1.25. The lowest BCUT2D eigenvalue weighted by Gasteiger charge is -2.31. The van der Waals surface area contributed by atoms with Gasteiger partial charge in [-0.2, -0.15) is 4.31 Å². The van der Waals surface area contributed by atoms with Gasteiger partial charge < -0.3 is 5.73 Å². The van der Waals surface area contributed by atoms with Crippen molar-refractivity contribution in [1.82, 2.24) is 4.31 Å². The molecule has 20 heavy (non-hydrogen) atoms. The second-order valence-corrected chi connectivity index (χ2v) is 7.50. The number of benzene rings is 1. The summed E-state index contributed by atoms with van der Waals surface area (Å²) < 4.78 is 40.5. The molecule has 0 radical (unpaired) electrons. The first-order chi connectivity index (χ1) is 8.95. The van der Waals surface area contributed by atoms with E-state index >= 15 is 0 Å². The van der Waals surface area contributed by atoms with Crippen LogP contribution in [0.3, 0.4) is 0 Å². The Balaban J connectivity index is 0.00000200. The number of rotatable bonds is 3. The van der Waals surface area contributed by atoms with E-state index in [1.54, 1.807) is 0 Å². The van der Waals surface area contributed by atoms with Crippen molar-refractivity contribution in [3.8, 4) is 0 Å². The lowest BCUT2D eigenvalue weighted by atomic mass is 10.0. The Labute approximate surface area is 133 Å². The fraction of sp³-hybridized carbons (Fsp3) is 0.500. The van der Waals surface area contributed by atoms with Crippen LogP contribution >= 0.6 is 28.3 Å². The predicted molar refractivity (Wildman–Crippen MR) is 81.9 cm³/mol. The SMILES string of the molecule is Cl.NCC1CCCN(S(=O)(=O)c2ccc(Br)cc2F)C1. The molecule has 0 aromatic heterocycles. The maximum Gasteiger partial charge on any atom is 0.245 e. The lowest BCUT2D eigenvalue weighted by molar-refractivity contribution is 0.270. The van der Waals surface area contributed by atoms with Gasteiger partial charge in [0.2, 0.25) is 10.0 Å². The molecule has 114 valence electrons. The maximum absolute atomic E-state index is 13.8. The molecule has 1 aliphatic rings. The molecule has 1 atom stereocenters. The van der Waals surface area contributed by atoms with Crippen LogP contribution in [0.4, 0.5) is 4.39 Å². The summed E-state index contributed by atoms with van der Waals surface area (Å²) in [5, 5.41) is 0. The molecular weight excluding hydrogens is 371 g/mol. The van der Waals surface area contributed by atoms with Gasteiger partial charge in [0, 0.05) is 17.6 Å². The van der Waals surface area contributed by atoms with Crippen LogP contribution < -0.4 is 5.73 Å². The minimum Gasteiger partial charge on any atom is -0.330 e. The van der Waals surface area contributed by atoms with E-state index < -0.39 is 15.8 Å². The van der Waals surface area contributed by atoms with Crippen LogP contribution in [0.1, 0.15) is 12.8 Å². The molecule has 8 heteroatoms. The van der Waals surface area contributed by atoms with Crippen LogP contribution in [0.15, 0.2) is 27.6 Å². The van der Waals surface area contributed by atoms with Gasteiger partial charge in [0.1, 0.15) is 10.7 Å². The van der Waals surface area contributed by atoms with Gasteiger partial charge in [-0.1, -0.05) is 15.9 Å². The summed E-state index contributed by atoms with van der Waals surface area (Å²) >= 11 is 3.11. The number of hydrogen-bond acceptors (Lipinski definition) is 3. The quantitative estimate of drug-likeness (QED) is 0.866. The molecule has 1 aromatic carbocycles. The molecule has 0 bridgehead atoms. The third-order valence-corrected chi connectivity index (χ3v) is 5.72. The first kappa shape index (κ1) is 17.8. The van der Waals surface area contributed by atoms with E-state index in [-0.39, 0.29) is 23.2 Å². The van der Waals surface area contributed by atoms with Crippen LogP contribution in [0, 0.1) is 11.7 Å². The Morgan fingerprint density at radius 3 is 2.75 bits per heavy atom. The average Bonchev–Trinajstić information content (AvgIpc) is 2.38. The highest BCUT2D eigenvalue weighted by Gasteiger charge is 2.31. The first-order valence-corrected chi connectivity index (χ1v) is 8.33. The van der Waals surface area contributed by atoms with Crippen molar-refractivity contribution in [2.75, 3.05) is 19.6 Å². The molecule has 4 nitrogen and oxygen atoms in total. The molecule has 1 heterocycles. The Hall–Kier alpha value is -0.210. The Morgan fingerprint density at radius 1 is 1.45 bits per heavy atom. The molecule has 1 unspecified atom stereocenters. The molecule has 1 aliphatic heterocycles. The third kappa shape index (κ3) is 3.71. The van der Waals surface area contributed by atoms with E-state index in [1.807, 2.05) is 0 Å². The summed E-state index contributed by atoms with van der Waals surface area (Å²) in [7, 11) is -3.77. The normalized spacial score (nSPS) is 20.4. The summed E-state index contributed by atoms with van der Waals surface area (Å²) in [6.07, 6.45) is 1.69. The van der Waals surface area contributed by atoms with Gasteiger partial charge in [0.25, 0.3) is 0 Å². The zero-order chi connectivity index (χ0) is 14.0. The van der Waals surface area contributed by atoms with Gasteiger partial charge in [0.05, 0.1) is 0 Å². The van der Waals surface area contributed by atoms with Gasteiger partial charge >= 0.3 is 0 Å². The minimum absolute atomic E-state index is 0. The zero-order valence-electron chi connectivity index (χ0n) is 10.8. The summed E-state index contributed by atoms with van der Waals surface area (Å²) in [4.78, 5) is -0.270. The molecule has 2 rings (SSSR count). The number of nitrogens with two attached hydrogens (primary N) is 1. The zero-order valence-corrected chi connectivity index (χ0v) is 14.0. The van der Waals surface area contributed by atoms with Gasteiger partial charge in [-0.25, -0.2) is 12.8 Å². The summed E-state index contributed by atoms with van der Waals surface area (Å²) in [5.41, 5.74) is 5.60. The van der Waals surface area contributed by atoms with Crippen molar-refractivity contribution in [2.24, 2.45) is 11.7 Å². The largest absolute Gasteiger partial charge is 0.330 e. The number of piperidine rings is 1. The monoisotopic (exact) mass is 386 g/mol. The van der Waals surface area contributed by atoms with Crippen LogP contribution in [0.25, 0.3) is 0 Å². The van der Waals surface area contributed by atoms with E-state index in [9.17, 15) is 12.8 Å². The Bertz CT molecular complexity index is 571. The fourth-order valence-corrected chi connectivity index (χ4v) is 4.19. The molecule has 0 spiro atoms. The van der Waals surface area contributed by atoms with Crippen LogP contribution in [-0.4, -0.2) is 32.4 Å².